The third-order valence-electron chi connectivity index (χ3n) is 4.36. The maximum atomic E-state index is 12.5. The van der Waals surface area contributed by atoms with Crippen LogP contribution in [0.15, 0.2) is 75.3 Å². The Morgan fingerprint density at radius 1 is 1.07 bits per heavy atom. The number of thiazole rings is 1. The van der Waals surface area contributed by atoms with Crippen molar-refractivity contribution in [2.24, 2.45) is 0 Å². The van der Waals surface area contributed by atoms with Gasteiger partial charge in [0.2, 0.25) is 5.91 Å². The molecule has 0 radical (unpaired) electrons. The SMILES string of the molecule is Cc1nc(-c2cccc(NC(=O)Cn3nc(-c4ccc(Br)cc4)ccc3=O)c2)cs1. The second-order valence-corrected chi connectivity index (χ2v) is 8.58. The average Bonchev–Trinajstić information content (AvgIpc) is 3.17. The van der Waals surface area contributed by atoms with Crippen molar-refractivity contribution in [2.45, 2.75) is 13.5 Å². The van der Waals surface area contributed by atoms with Crippen molar-refractivity contribution in [2.75, 3.05) is 5.32 Å². The number of carbonyl (C=O) groups is 1. The highest BCUT2D eigenvalue weighted by molar-refractivity contribution is 9.10. The summed E-state index contributed by atoms with van der Waals surface area (Å²) >= 11 is 4.97. The van der Waals surface area contributed by atoms with Crippen LogP contribution in [-0.2, 0) is 11.3 Å². The number of aryl methyl sites for hydroxylation is 1. The predicted molar refractivity (Wildman–Crippen MR) is 123 cm³/mol. The van der Waals surface area contributed by atoms with E-state index in [1.165, 1.54) is 10.7 Å². The summed E-state index contributed by atoms with van der Waals surface area (Å²) in [5.74, 6) is -0.329. The van der Waals surface area contributed by atoms with Crippen molar-refractivity contribution in [1.82, 2.24) is 14.8 Å². The van der Waals surface area contributed by atoms with Gasteiger partial charge in [0, 0.05) is 32.7 Å². The van der Waals surface area contributed by atoms with Crippen LogP contribution in [0.5, 0.6) is 0 Å². The lowest BCUT2D eigenvalue weighted by Crippen LogP contribution is -2.29. The number of nitrogens with zero attached hydrogens (tertiary/aromatic N) is 3. The minimum absolute atomic E-state index is 0.177. The molecule has 0 unspecified atom stereocenters. The smallest absolute Gasteiger partial charge is 0.267 e. The second kappa shape index (κ2) is 8.73. The molecule has 4 aromatic rings. The fourth-order valence-electron chi connectivity index (χ4n) is 2.93. The molecule has 0 saturated carbocycles. The minimum atomic E-state index is -0.335. The predicted octanol–water partition coefficient (Wildman–Crippen LogP) is 4.74. The third kappa shape index (κ3) is 4.72. The lowest BCUT2D eigenvalue weighted by Gasteiger charge is -2.09. The molecule has 0 saturated heterocycles. The molecule has 2 heterocycles. The van der Waals surface area contributed by atoms with E-state index in [0.29, 0.717) is 11.4 Å². The van der Waals surface area contributed by atoms with Crippen molar-refractivity contribution >= 4 is 38.9 Å². The van der Waals surface area contributed by atoms with Crippen LogP contribution in [0.4, 0.5) is 5.69 Å². The highest BCUT2D eigenvalue weighted by atomic mass is 79.9. The number of nitrogens with one attached hydrogen (secondary N) is 1. The molecule has 0 aliphatic carbocycles. The molecule has 150 valence electrons. The number of halogens is 1. The molecule has 0 aliphatic rings. The fraction of sp³-hybridized carbons (Fsp3) is 0.0909. The van der Waals surface area contributed by atoms with Crippen LogP contribution in [0.1, 0.15) is 5.01 Å². The number of hydrogen-bond donors (Lipinski definition) is 1. The highest BCUT2D eigenvalue weighted by Crippen LogP contribution is 2.24. The summed E-state index contributed by atoms with van der Waals surface area (Å²) in [6.07, 6.45) is 0. The van der Waals surface area contributed by atoms with Gasteiger partial charge in [-0.2, -0.15) is 5.10 Å². The maximum absolute atomic E-state index is 12.5. The topological polar surface area (TPSA) is 76.9 Å². The zero-order valence-corrected chi connectivity index (χ0v) is 18.4. The second-order valence-electron chi connectivity index (χ2n) is 6.60. The Hall–Kier alpha value is -3.10. The molecule has 6 nitrogen and oxygen atoms in total. The van der Waals surface area contributed by atoms with Crippen molar-refractivity contribution in [1.29, 1.82) is 0 Å². The van der Waals surface area contributed by atoms with Crippen LogP contribution in [0.2, 0.25) is 0 Å². The average molecular weight is 481 g/mol. The molecule has 0 spiro atoms. The first-order valence-corrected chi connectivity index (χ1v) is 10.8. The molecule has 0 aliphatic heterocycles. The van der Waals surface area contributed by atoms with E-state index in [4.69, 9.17) is 0 Å². The number of amides is 1. The van der Waals surface area contributed by atoms with Crippen LogP contribution >= 0.6 is 27.3 Å². The van der Waals surface area contributed by atoms with Gasteiger partial charge in [-0.1, -0.05) is 40.2 Å². The minimum Gasteiger partial charge on any atom is -0.324 e. The monoisotopic (exact) mass is 480 g/mol. The van der Waals surface area contributed by atoms with Gasteiger partial charge in [0.15, 0.2) is 0 Å². The van der Waals surface area contributed by atoms with Crippen molar-refractivity contribution in [3.8, 4) is 22.5 Å². The largest absolute Gasteiger partial charge is 0.324 e. The fourth-order valence-corrected chi connectivity index (χ4v) is 3.81. The first-order valence-electron chi connectivity index (χ1n) is 9.14. The van der Waals surface area contributed by atoms with E-state index >= 15 is 0 Å². The Morgan fingerprint density at radius 3 is 2.60 bits per heavy atom. The lowest BCUT2D eigenvalue weighted by atomic mass is 10.1. The van der Waals surface area contributed by atoms with Gasteiger partial charge in [-0.05, 0) is 37.3 Å². The van der Waals surface area contributed by atoms with Crippen LogP contribution in [0, 0.1) is 6.92 Å². The Morgan fingerprint density at radius 2 is 1.87 bits per heavy atom. The summed E-state index contributed by atoms with van der Waals surface area (Å²) in [6, 6.07) is 18.1. The number of hydrogen-bond acceptors (Lipinski definition) is 5. The van der Waals surface area contributed by atoms with Crippen LogP contribution in [0.3, 0.4) is 0 Å². The molecule has 8 heteroatoms. The molecule has 2 aromatic carbocycles. The first kappa shape index (κ1) is 20.2. The lowest BCUT2D eigenvalue weighted by molar-refractivity contribution is -0.117. The molecular formula is C22H17BrN4O2S. The summed E-state index contributed by atoms with van der Waals surface area (Å²) in [4.78, 5) is 29.2. The maximum Gasteiger partial charge on any atom is 0.267 e. The molecule has 30 heavy (non-hydrogen) atoms. The summed E-state index contributed by atoms with van der Waals surface area (Å²) in [6.45, 7) is 1.77. The first-order chi connectivity index (χ1) is 14.5. The van der Waals surface area contributed by atoms with Crippen molar-refractivity contribution in [3.05, 3.63) is 85.9 Å². The van der Waals surface area contributed by atoms with Gasteiger partial charge in [0.05, 0.1) is 16.4 Å². The van der Waals surface area contributed by atoms with Crippen molar-refractivity contribution in [3.63, 3.8) is 0 Å². The summed E-state index contributed by atoms with van der Waals surface area (Å²) in [5.41, 5.74) is 3.57. The van der Waals surface area contributed by atoms with Crippen molar-refractivity contribution < 1.29 is 4.79 Å². The summed E-state index contributed by atoms with van der Waals surface area (Å²) in [7, 11) is 0. The number of benzene rings is 2. The van der Waals surface area contributed by atoms with Crippen LogP contribution in [-0.4, -0.2) is 20.7 Å². The Labute approximate surface area is 185 Å². The van der Waals surface area contributed by atoms with E-state index in [-0.39, 0.29) is 18.0 Å². The van der Waals surface area contributed by atoms with Gasteiger partial charge in [-0.15, -0.1) is 11.3 Å². The molecular weight excluding hydrogens is 464 g/mol. The normalized spacial score (nSPS) is 10.7. The van der Waals surface area contributed by atoms with E-state index in [0.717, 1.165) is 26.3 Å². The molecule has 1 amide bonds. The molecule has 0 atom stereocenters. The molecule has 0 bridgehead atoms. The van der Waals surface area contributed by atoms with E-state index < -0.39 is 0 Å². The standard InChI is InChI=1S/C22H17BrN4O2S/c1-14-24-20(13-30-14)16-3-2-4-18(11-16)25-21(28)12-27-22(29)10-9-19(26-27)15-5-7-17(23)8-6-15/h2-11,13H,12H2,1H3,(H,25,28). The van der Waals surface area contributed by atoms with Gasteiger partial charge in [0.25, 0.3) is 5.56 Å². The van der Waals surface area contributed by atoms with Gasteiger partial charge in [-0.25, -0.2) is 9.67 Å². The van der Waals surface area contributed by atoms with Crippen LogP contribution in [0.25, 0.3) is 22.5 Å². The van der Waals surface area contributed by atoms with Gasteiger partial charge < -0.3 is 5.32 Å². The molecule has 1 N–H and O–H groups in total. The summed E-state index contributed by atoms with van der Waals surface area (Å²) < 4.78 is 2.12. The molecule has 2 aromatic heterocycles. The van der Waals surface area contributed by atoms with E-state index in [1.54, 1.807) is 23.5 Å². The zero-order chi connectivity index (χ0) is 21.1. The number of anilines is 1. The van der Waals surface area contributed by atoms with E-state index in [2.05, 4.69) is 31.3 Å². The Bertz CT molecular complexity index is 1260. The Kier molecular flexibility index (Phi) is 5.87. The quantitative estimate of drug-likeness (QED) is 0.447. The molecule has 0 fully saturated rings. The Balaban J connectivity index is 1.51. The summed E-state index contributed by atoms with van der Waals surface area (Å²) in [5, 5.41) is 10.1. The number of carbonyl (C=O) groups excluding carboxylic acids is 1. The van der Waals surface area contributed by atoms with E-state index in [9.17, 15) is 9.59 Å². The van der Waals surface area contributed by atoms with E-state index in [1.807, 2.05) is 54.8 Å². The zero-order valence-electron chi connectivity index (χ0n) is 16.0. The van der Waals surface area contributed by atoms with Crippen LogP contribution < -0.4 is 10.9 Å². The van der Waals surface area contributed by atoms with Gasteiger partial charge in [-0.3, -0.25) is 9.59 Å². The van der Waals surface area contributed by atoms with Gasteiger partial charge in [0.1, 0.15) is 6.54 Å². The number of aromatic nitrogens is 3. The number of rotatable bonds is 5. The third-order valence-corrected chi connectivity index (χ3v) is 5.66. The molecule has 4 rings (SSSR count). The highest BCUT2D eigenvalue weighted by Gasteiger charge is 2.10. The van der Waals surface area contributed by atoms with Gasteiger partial charge >= 0.3 is 0 Å².